The van der Waals surface area contributed by atoms with Gasteiger partial charge in [0.25, 0.3) is 0 Å². The molecule has 0 atom stereocenters. The molecule has 0 spiro atoms. The minimum atomic E-state index is -3.85. The first-order chi connectivity index (χ1) is 8.74. The van der Waals surface area contributed by atoms with E-state index in [-0.39, 0.29) is 12.2 Å². The van der Waals surface area contributed by atoms with Crippen molar-refractivity contribution in [1.82, 2.24) is 4.72 Å². The van der Waals surface area contributed by atoms with Gasteiger partial charge in [0.1, 0.15) is 10.7 Å². The number of nitrogen functional groups attached to an aromatic ring is 1. The molecule has 0 saturated heterocycles. The first-order valence-corrected chi connectivity index (χ1v) is 8.26. The van der Waals surface area contributed by atoms with Crippen LogP contribution in [-0.4, -0.2) is 15.0 Å². The van der Waals surface area contributed by atoms with Crippen molar-refractivity contribution in [1.29, 1.82) is 0 Å². The minimum absolute atomic E-state index is 0.184. The summed E-state index contributed by atoms with van der Waals surface area (Å²) in [5.41, 5.74) is 5.76. The molecule has 108 valence electrons. The Balaban J connectivity index is 2.80. The van der Waals surface area contributed by atoms with Crippen molar-refractivity contribution in [2.45, 2.75) is 31.6 Å². The molecule has 0 aliphatic rings. The molecule has 0 heterocycles. The van der Waals surface area contributed by atoms with Crippen LogP contribution < -0.4 is 10.5 Å². The summed E-state index contributed by atoms with van der Waals surface area (Å²) in [6.45, 7) is 4.41. The van der Waals surface area contributed by atoms with Crippen molar-refractivity contribution in [3.63, 3.8) is 0 Å². The third kappa shape index (κ3) is 4.74. The van der Waals surface area contributed by atoms with Gasteiger partial charge >= 0.3 is 0 Å². The third-order valence-electron chi connectivity index (χ3n) is 2.59. The number of anilines is 1. The molecule has 0 aromatic heterocycles. The molecule has 4 nitrogen and oxygen atoms in total. The zero-order valence-corrected chi connectivity index (χ0v) is 13.3. The average molecular weight is 353 g/mol. The van der Waals surface area contributed by atoms with Crippen molar-refractivity contribution in [3.8, 4) is 0 Å². The van der Waals surface area contributed by atoms with Gasteiger partial charge in [0, 0.05) is 16.7 Å². The predicted octanol–water partition coefficient (Wildman–Crippen LogP) is 2.88. The molecule has 0 fully saturated rings. The number of nitrogens with two attached hydrogens (primary N) is 1. The normalized spacial score (nSPS) is 12.1. The van der Waals surface area contributed by atoms with Gasteiger partial charge < -0.3 is 5.73 Å². The van der Waals surface area contributed by atoms with E-state index in [2.05, 4.69) is 34.5 Å². The Bertz CT molecular complexity index is 547. The number of nitrogens with one attached hydrogen (secondary N) is 1. The lowest BCUT2D eigenvalue weighted by Gasteiger charge is -2.10. The average Bonchev–Trinajstić information content (AvgIpc) is 2.29. The number of benzene rings is 1. The highest BCUT2D eigenvalue weighted by atomic mass is 79.9. The molecule has 0 saturated carbocycles. The van der Waals surface area contributed by atoms with Crippen LogP contribution in [0.4, 0.5) is 10.1 Å². The molecule has 1 rings (SSSR count). The van der Waals surface area contributed by atoms with Crippen LogP contribution >= 0.6 is 15.9 Å². The summed E-state index contributed by atoms with van der Waals surface area (Å²) in [5, 5.41) is 0. The standard InChI is InChI=1S/C12H18BrFN2O2S/c1-8(2)4-3-5-16-19(17,18)12-7-11(15)9(13)6-10(12)14/h6-8,16H,3-5,15H2,1-2H3. The summed E-state index contributed by atoms with van der Waals surface area (Å²) >= 11 is 3.05. The lowest BCUT2D eigenvalue weighted by atomic mass is 10.1. The summed E-state index contributed by atoms with van der Waals surface area (Å²) < 4.78 is 40.3. The van der Waals surface area contributed by atoms with Crippen LogP contribution in [0.1, 0.15) is 26.7 Å². The number of hydrogen-bond acceptors (Lipinski definition) is 3. The van der Waals surface area contributed by atoms with Crippen LogP contribution in [0.25, 0.3) is 0 Å². The third-order valence-corrected chi connectivity index (χ3v) is 4.75. The zero-order valence-electron chi connectivity index (χ0n) is 10.9. The van der Waals surface area contributed by atoms with Crippen LogP contribution in [-0.2, 0) is 10.0 Å². The fraction of sp³-hybridized carbons (Fsp3) is 0.500. The Morgan fingerprint density at radius 2 is 2.05 bits per heavy atom. The van der Waals surface area contributed by atoms with Gasteiger partial charge in [0.05, 0.1) is 0 Å². The van der Waals surface area contributed by atoms with E-state index in [9.17, 15) is 12.8 Å². The van der Waals surface area contributed by atoms with Crippen molar-refractivity contribution in [2.75, 3.05) is 12.3 Å². The van der Waals surface area contributed by atoms with Gasteiger partial charge in [-0.2, -0.15) is 0 Å². The zero-order chi connectivity index (χ0) is 14.6. The first kappa shape index (κ1) is 16.4. The van der Waals surface area contributed by atoms with Gasteiger partial charge in [-0.15, -0.1) is 0 Å². The Hall–Kier alpha value is -0.660. The van der Waals surface area contributed by atoms with Crippen LogP contribution in [0.3, 0.4) is 0 Å². The molecule has 1 aromatic carbocycles. The Kier molecular flexibility index (Phi) is 5.76. The number of hydrogen-bond donors (Lipinski definition) is 2. The maximum absolute atomic E-state index is 13.7. The van der Waals surface area contributed by atoms with E-state index in [4.69, 9.17) is 5.73 Å². The smallest absolute Gasteiger partial charge is 0.243 e. The number of sulfonamides is 1. The fourth-order valence-electron chi connectivity index (χ4n) is 1.55. The number of rotatable bonds is 6. The topological polar surface area (TPSA) is 72.2 Å². The molecule has 7 heteroatoms. The highest BCUT2D eigenvalue weighted by Gasteiger charge is 2.20. The van der Waals surface area contributed by atoms with E-state index >= 15 is 0 Å². The van der Waals surface area contributed by atoms with Crippen molar-refractivity contribution < 1.29 is 12.8 Å². The molecule has 0 aliphatic heterocycles. The van der Waals surface area contributed by atoms with Crippen molar-refractivity contribution >= 4 is 31.6 Å². The highest BCUT2D eigenvalue weighted by molar-refractivity contribution is 9.10. The molecule has 1 aromatic rings. The molecule has 0 radical (unpaired) electrons. The summed E-state index contributed by atoms with van der Waals surface area (Å²) in [4.78, 5) is -0.419. The SMILES string of the molecule is CC(C)CCCNS(=O)(=O)c1cc(N)c(Br)cc1F. The highest BCUT2D eigenvalue weighted by Crippen LogP contribution is 2.25. The molecule has 0 amide bonds. The molecular formula is C12H18BrFN2O2S. The number of halogens is 2. The van der Waals surface area contributed by atoms with E-state index in [1.807, 2.05) is 0 Å². The maximum Gasteiger partial charge on any atom is 0.243 e. The Morgan fingerprint density at radius 3 is 2.63 bits per heavy atom. The van der Waals surface area contributed by atoms with E-state index in [1.165, 1.54) is 0 Å². The van der Waals surface area contributed by atoms with Crippen LogP contribution in [0.2, 0.25) is 0 Å². The quantitative estimate of drug-likeness (QED) is 0.610. The maximum atomic E-state index is 13.7. The van der Waals surface area contributed by atoms with Gasteiger partial charge in [-0.3, -0.25) is 0 Å². The minimum Gasteiger partial charge on any atom is -0.398 e. The second kappa shape index (κ2) is 6.67. The molecule has 0 aliphatic carbocycles. The van der Waals surface area contributed by atoms with E-state index < -0.39 is 20.7 Å². The molecular weight excluding hydrogens is 335 g/mol. The first-order valence-electron chi connectivity index (χ1n) is 5.98. The second-order valence-corrected chi connectivity index (χ2v) is 7.33. The molecule has 3 N–H and O–H groups in total. The van der Waals surface area contributed by atoms with Crippen LogP contribution in [0.15, 0.2) is 21.5 Å². The lowest BCUT2D eigenvalue weighted by molar-refractivity contribution is 0.533. The fourth-order valence-corrected chi connectivity index (χ4v) is 3.03. The Morgan fingerprint density at radius 1 is 1.42 bits per heavy atom. The molecule has 0 bridgehead atoms. The van der Waals surface area contributed by atoms with Crippen LogP contribution in [0, 0.1) is 11.7 Å². The monoisotopic (exact) mass is 352 g/mol. The van der Waals surface area contributed by atoms with Crippen molar-refractivity contribution in [2.24, 2.45) is 5.92 Å². The summed E-state index contributed by atoms with van der Waals surface area (Å²) in [6, 6.07) is 2.17. The second-order valence-electron chi connectivity index (χ2n) is 4.74. The van der Waals surface area contributed by atoms with Gasteiger partial charge in [-0.05, 0) is 46.8 Å². The molecule has 0 unspecified atom stereocenters. The van der Waals surface area contributed by atoms with Gasteiger partial charge in [-0.25, -0.2) is 17.5 Å². The van der Waals surface area contributed by atoms with E-state index in [1.54, 1.807) is 0 Å². The van der Waals surface area contributed by atoms with E-state index in [0.717, 1.165) is 18.6 Å². The van der Waals surface area contributed by atoms with Gasteiger partial charge in [0.15, 0.2) is 0 Å². The van der Waals surface area contributed by atoms with Gasteiger partial charge in [0.2, 0.25) is 10.0 Å². The van der Waals surface area contributed by atoms with Gasteiger partial charge in [-0.1, -0.05) is 13.8 Å². The Labute approximate surface area is 121 Å². The van der Waals surface area contributed by atoms with E-state index in [0.29, 0.717) is 16.8 Å². The summed E-state index contributed by atoms with van der Waals surface area (Å²) in [6.07, 6.45) is 1.62. The van der Waals surface area contributed by atoms with Crippen LogP contribution in [0.5, 0.6) is 0 Å². The molecule has 19 heavy (non-hydrogen) atoms. The lowest BCUT2D eigenvalue weighted by Crippen LogP contribution is -2.26. The summed E-state index contributed by atoms with van der Waals surface area (Å²) in [7, 11) is -3.85. The predicted molar refractivity (Wildman–Crippen MR) is 77.8 cm³/mol. The largest absolute Gasteiger partial charge is 0.398 e. The summed E-state index contributed by atoms with van der Waals surface area (Å²) in [5.74, 6) is -0.318. The van der Waals surface area contributed by atoms with Crippen molar-refractivity contribution in [3.05, 3.63) is 22.4 Å².